The second-order valence-electron chi connectivity index (χ2n) is 6.52. The standard InChI is InChI=1S/C23H22N2O6S/c1-3-30-23(28)20-16(14-7-5-4-6-8-14)13-32-21(20)25-19(26)12-31-22(27)15-9-10-18(29-2)17(24)11-15/h4-11,13H,3,12,24H2,1-2H3,(H,25,26). The third kappa shape index (κ3) is 5.25. The van der Waals surface area contributed by atoms with Crippen molar-refractivity contribution in [3.05, 3.63) is 65.0 Å². The summed E-state index contributed by atoms with van der Waals surface area (Å²) in [6, 6.07) is 13.7. The smallest absolute Gasteiger partial charge is 0.341 e. The van der Waals surface area contributed by atoms with Crippen molar-refractivity contribution in [3.8, 4) is 16.9 Å². The molecule has 1 amide bonds. The zero-order chi connectivity index (χ0) is 23.1. The van der Waals surface area contributed by atoms with E-state index in [2.05, 4.69) is 5.32 Å². The van der Waals surface area contributed by atoms with Gasteiger partial charge < -0.3 is 25.3 Å². The number of carbonyl (C=O) groups excluding carboxylic acids is 3. The van der Waals surface area contributed by atoms with Gasteiger partial charge >= 0.3 is 11.9 Å². The third-order valence-electron chi connectivity index (χ3n) is 4.41. The number of carbonyl (C=O) groups is 3. The van der Waals surface area contributed by atoms with Gasteiger partial charge in [0, 0.05) is 10.9 Å². The van der Waals surface area contributed by atoms with Crippen molar-refractivity contribution in [1.82, 2.24) is 0 Å². The summed E-state index contributed by atoms with van der Waals surface area (Å²) in [6.07, 6.45) is 0. The molecule has 3 rings (SSSR count). The van der Waals surface area contributed by atoms with E-state index in [1.807, 2.05) is 30.3 Å². The highest BCUT2D eigenvalue weighted by molar-refractivity contribution is 7.15. The first kappa shape index (κ1) is 22.8. The van der Waals surface area contributed by atoms with E-state index in [0.717, 1.165) is 5.56 Å². The Bertz CT molecular complexity index is 1130. The summed E-state index contributed by atoms with van der Waals surface area (Å²) >= 11 is 1.19. The average molecular weight is 455 g/mol. The van der Waals surface area contributed by atoms with E-state index in [0.29, 0.717) is 16.3 Å². The second-order valence-corrected chi connectivity index (χ2v) is 7.40. The van der Waals surface area contributed by atoms with Gasteiger partial charge in [-0.15, -0.1) is 11.3 Å². The fraction of sp³-hybridized carbons (Fsp3) is 0.174. The molecule has 0 fully saturated rings. The quantitative estimate of drug-likeness (QED) is 0.391. The molecule has 0 saturated heterocycles. The van der Waals surface area contributed by atoms with Gasteiger partial charge in [0.2, 0.25) is 0 Å². The van der Waals surface area contributed by atoms with E-state index in [4.69, 9.17) is 19.9 Å². The van der Waals surface area contributed by atoms with E-state index >= 15 is 0 Å². The lowest BCUT2D eigenvalue weighted by Gasteiger charge is -2.10. The van der Waals surface area contributed by atoms with Gasteiger partial charge in [0.25, 0.3) is 5.91 Å². The Balaban J connectivity index is 1.72. The summed E-state index contributed by atoms with van der Waals surface area (Å²) in [5, 5.41) is 4.72. The molecule has 0 spiro atoms. The molecule has 1 heterocycles. The maximum absolute atomic E-state index is 12.6. The van der Waals surface area contributed by atoms with Crippen molar-refractivity contribution in [1.29, 1.82) is 0 Å². The molecule has 0 unspecified atom stereocenters. The highest BCUT2D eigenvalue weighted by atomic mass is 32.1. The number of hydrogen-bond acceptors (Lipinski definition) is 8. The highest BCUT2D eigenvalue weighted by Gasteiger charge is 2.23. The molecule has 1 aromatic heterocycles. The van der Waals surface area contributed by atoms with Crippen LogP contribution in [0.4, 0.5) is 10.7 Å². The Morgan fingerprint density at radius 2 is 1.78 bits per heavy atom. The molecule has 3 aromatic rings. The fourth-order valence-electron chi connectivity index (χ4n) is 2.92. The number of thiophene rings is 1. The molecule has 0 saturated carbocycles. The molecule has 0 aliphatic rings. The van der Waals surface area contributed by atoms with Gasteiger partial charge in [-0.25, -0.2) is 9.59 Å². The average Bonchev–Trinajstić information content (AvgIpc) is 3.21. The molecule has 2 aromatic carbocycles. The number of esters is 2. The fourth-order valence-corrected chi connectivity index (χ4v) is 3.90. The van der Waals surface area contributed by atoms with Crippen LogP contribution in [0.15, 0.2) is 53.9 Å². The summed E-state index contributed by atoms with van der Waals surface area (Å²) in [6.45, 7) is 1.36. The Hall–Kier alpha value is -3.85. The first-order valence-corrected chi connectivity index (χ1v) is 10.6. The van der Waals surface area contributed by atoms with Crippen LogP contribution in [0.1, 0.15) is 27.6 Å². The molecule has 0 bridgehead atoms. The van der Waals surface area contributed by atoms with Crippen LogP contribution in [-0.2, 0) is 14.3 Å². The van der Waals surface area contributed by atoms with Crippen molar-refractivity contribution < 1.29 is 28.6 Å². The van der Waals surface area contributed by atoms with Crippen LogP contribution in [0.5, 0.6) is 5.75 Å². The zero-order valence-corrected chi connectivity index (χ0v) is 18.4. The number of nitrogens with two attached hydrogens (primary N) is 1. The van der Waals surface area contributed by atoms with Crippen molar-refractivity contribution in [2.45, 2.75) is 6.92 Å². The first-order chi connectivity index (χ1) is 15.4. The van der Waals surface area contributed by atoms with Gasteiger partial charge in [-0.1, -0.05) is 30.3 Å². The molecular weight excluding hydrogens is 432 g/mol. The molecule has 8 nitrogen and oxygen atoms in total. The predicted molar refractivity (Wildman–Crippen MR) is 122 cm³/mol. The van der Waals surface area contributed by atoms with Gasteiger partial charge in [-0.2, -0.15) is 0 Å². The molecule has 0 atom stereocenters. The van der Waals surface area contributed by atoms with Crippen LogP contribution < -0.4 is 15.8 Å². The molecule has 0 aliphatic carbocycles. The second kappa shape index (κ2) is 10.5. The number of methoxy groups -OCH3 is 1. The van der Waals surface area contributed by atoms with Crippen LogP contribution in [0.25, 0.3) is 11.1 Å². The summed E-state index contributed by atoms with van der Waals surface area (Å²) in [5.74, 6) is -1.42. The highest BCUT2D eigenvalue weighted by Crippen LogP contribution is 2.36. The van der Waals surface area contributed by atoms with E-state index in [-0.39, 0.29) is 23.4 Å². The summed E-state index contributed by atoms with van der Waals surface area (Å²) in [4.78, 5) is 37.2. The van der Waals surface area contributed by atoms with Gasteiger partial charge in [0.05, 0.1) is 25.0 Å². The van der Waals surface area contributed by atoms with Crippen LogP contribution in [0, 0.1) is 0 Å². The number of rotatable bonds is 8. The normalized spacial score (nSPS) is 10.3. The van der Waals surface area contributed by atoms with Crippen molar-refractivity contribution in [2.75, 3.05) is 31.4 Å². The molecular formula is C23H22N2O6S. The molecule has 9 heteroatoms. The number of anilines is 2. The van der Waals surface area contributed by atoms with Crippen LogP contribution >= 0.6 is 11.3 Å². The topological polar surface area (TPSA) is 117 Å². The number of ether oxygens (including phenoxy) is 3. The number of amides is 1. The SMILES string of the molecule is CCOC(=O)c1c(-c2ccccc2)csc1NC(=O)COC(=O)c1ccc(OC)c(N)c1. The lowest BCUT2D eigenvalue weighted by Crippen LogP contribution is -2.21. The maximum atomic E-state index is 12.6. The Morgan fingerprint density at radius 3 is 2.44 bits per heavy atom. The van der Waals surface area contributed by atoms with Crippen molar-refractivity contribution >= 4 is 39.9 Å². The maximum Gasteiger partial charge on any atom is 0.341 e. The summed E-state index contributed by atoms with van der Waals surface area (Å²) < 4.78 is 15.3. The first-order valence-electron chi connectivity index (χ1n) is 9.69. The van der Waals surface area contributed by atoms with E-state index in [1.54, 1.807) is 12.3 Å². The molecule has 3 N–H and O–H groups in total. The number of nitrogens with one attached hydrogen (secondary N) is 1. The van der Waals surface area contributed by atoms with Crippen molar-refractivity contribution in [3.63, 3.8) is 0 Å². The lowest BCUT2D eigenvalue weighted by atomic mass is 10.0. The zero-order valence-electron chi connectivity index (χ0n) is 17.5. The lowest BCUT2D eigenvalue weighted by molar-refractivity contribution is -0.119. The van der Waals surface area contributed by atoms with E-state index in [9.17, 15) is 14.4 Å². The number of hydrogen-bond donors (Lipinski definition) is 2. The number of nitrogen functional groups attached to an aromatic ring is 1. The van der Waals surface area contributed by atoms with Crippen LogP contribution in [0.3, 0.4) is 0 Å². The Kier molecular flexibility index (Phi) is 7.45. The van der Waals surface area contributed by atoms with Crippen molar-refractivity contribution in [2.24, 2.45) is 0 Å². The Morgan fingerprint density at radius 1 is 1.03 bits per heavy atom. The third-order valence-corrected chi connectivity index (χ3v) is 5.30. The van der Waals surface area contributed by atoms with Gasteiger partial charge in [-0.05, 0) is 30.7 Å². The summed E-state index contributed by atoms with van der Waals surface area (Å²) in [7, 11) is 1.46. The van der Waals surface area contributed by atoms with Gasteiger partial charge in [-0.3, -0.25) is 4.79 Å². The number of benzene rings is 2. The summed E-state index contributed by atoms with van der Waals surface area (Å²) in [5.41, 5.74) is 7.97. The Labute approximate surface area is 188 Å². The minimum atomic E-state index is -0.712. The van der Waals surface area contributed by atoms with E-state index < -0.39 is 24.5 Å². The largest absolute Gasteiger partial charge is 0.495 e. The van der Waals surface area contributed by atoms with Gasteiger partial charge in [0.1, 0.15) is 16.3 Å². The monoisotopic (exact) mass is 454 g/mol. The minimum absolute atomic E-state index is 0.186. The predicted octanol–water partition coefficient (Wildman–Crippen LogP) is 3.98. The van der Waals surface area contributed by atoms with Crippen LogP contribution in [0.2, 0.25) is 0 Å². The van der Waals surface area contributed by atoms with Gasteiger partial charge in [0.15, 0.2) is 6.61 Å². The molecule has 0 radical (unpaired) electrons. The molecule has 0 aliphatic heterocycles. The molecule has 32 heavy (non-hydrogen) atoms. The minimum Gasteiger partial charge on any atom is -0.495 e. The van der Waals surface area contributed by atoms with Crippen LogP contribution in [-0.4, -0.2) is 38.2 Å². The molecule has 166 valence electrons. The van der Waals surface area contributed by atoms with E-state index in [1.165, 1.54) is 36.6 Å².